The van der Waals surface area contributed by atoms with Crippen LogP contribution in [0.3, 0.4) is 0 Å². The van der Waals surface area contributed by atoms with Gasteiger partial charge in [0.15, 0.2) is 0 Å². The first kappa shape index (κ1) is 16.6. The van der Waals surface area contributed by atoms with Crippen molar-refractivity contribution in [2.24, 2.45) is 0 Å². The minimum atomic E-state index is -0.872. The predicted molar refractivity (Wildman–Crippen MR) is 88.1 cm³/mol. The molecule has 2 aliphatic heterocycles. The Labute approximate surface area is 146 Å². The predicted octanol–water partition coefficient (Wildman–Crippen LogP) is 2.53. The molecule has 1 aromatic carbocycles. The normalized spacial score (nSPS) is 36.4. The molecule has 0 aromatic heterocycles. The molecule has 6 nitrogen and oxygen atoms in total. The maximum Gasteiger partial charge on any atom is 0.303 e. The van der Waals surface area contributed by atoms with Gasteiger partial charge in [-0.1, -0.05) is 12.1 Å². The summed E-state index contributed by atoms with van der Waals surface area (Å²) in [4.78, 5) is 11.3. The van der Waals surface area contributed by atoms with Crippen LogP contribution < -0.4 is 4.74 Å². The van der Waals surface area contributed by atoms with Gasteiger partial charge < -0.3 is 23.7 Å². The van der Waals surface area contributed by atoms with E-state index in [2.05, 4.69) is 0 Å². The second kappa shape index (κ2) is 6.44. The quantitative estimate of drug-likeness (QED) is 0.619. The zero-order valence-corrected chi connectivity index (χ0v) is 14.3. The fourth-order valence-electron chi connectivity index (χ4n) is 3.74. The summed E-state index contributed by atoms with van der Waals surface area (Å²) in [6, 6.07) is 7.83. The number of esters is 1. The molecule has 134 valence electrons. The van der Waals surface area contributed by atoms with Crippen molar-refractivity contribution in [3.8, 4) is 5.75 Å². The van der Waals surface area contributed by atoms with Gasteiger partial charge in [-0.15, -0.1) is 0 Å². The molecule has 1 aromatic rings. The van der Waals surface area contributed by atoms with Crippen molar-refractivity contribution in [1.82, 2.24) is 0 Å². The van der Waals surface area contributed by atoms with E-state index >= 15 is 0 Å². The van der Waals surface area contributed by atoms with Crippen molar-refractivity contribution in [3.05, 3.63) is 42.0 Å². The lowest BCUT2D eigenvalue weighted by molar-refractivity contribution is -0.377. The number of methoxy groups -OCH3 is 1. The first-order valence-corrected chi connectivity index (χ1v) is 8.57. The molecular formula is C19H22O6. The molecule has 25 heavy (non-hydrogen) atoms. The van der Waals surface area contributed by atoms with Crippen molar-refractivity contribution < 1.29 is 28.5 Å². The lowest BCUT2D eigenvalue weighted by Crippen LogP contribution is -2.61. The highest BCUT2D eigenvalue weighted by Gasteiger charge is 2.54. The zero-order valence-electron chi connectivity index (χ0n) is 14.3. The molecule has 0 unspecified atom stereocenters. The molecule has 0 radical (unpaired) electrons. The van der Waals surface area contributed by atoms with Gasteiger partial charge in [-0.25, -0.2) is 0 Å². The molecule has 0 amide bonds. The summed E-state index contributed by atoms with van der Waals surface area (Å²) in [5, 5.41) is 0. The van der Waals surface area contributed by atoms with E-state index in [0.717, 1.165) is 17.7 Å². The average Bonchev–Trinajstić information content (AvgIpc) is 2.62. The van der Waals surface area contributed by atoms with Gasteiger partial charge in [-0.2, -0.15) is 0 Å². The van der Waals surface area contributed by atoms with Crippen molar-refractivity contribution in [1.29, 1.82) is 0 Å². The van der Waals surface area contributed by atoms with Crippen molar-refractivity contribution in [3.63, 3.8) is 0 Å². The number of carbonyl (C=O) groups excluding carboxylic acids is 1. The molecular weight excluding hydrogens is 324 g/mol. The Morgan fingerprint density at radius 2 is 2.08 bits per heavy atom. The van der Waals surface area contributed by atoms with E-state index in [-0.39, 0.29) is 30.4 Å². The molecule has 2 heterocycles. The highest BCUT2D eigenvalue weighted by Crippen LogP contribution is 2.46. The maximum atomic E-state index is 11.3. The summed E-state index contributed by atoms with van der Waals surface area (Å²) in [5.74, 6) is -0.378. The van der Waals surface area contributed by atoms with E-state index in [1.54, 1.807) is 7.11 Å². The molecule has 2 bridgehead atoms. The maximum absolute atomic E-state index is 11.3. The summed E-state index contributed by atoms with van der Waals surface area (Å²) in [6.45, 7) is 2.02. The molecule has 3 aliphatic rings. The molecule has 1 spiro atoms. The first-order chi connectivity index (χ1) is 12.1. The fourth-order valence-corrected chi connectivity index (χ4v) is 3.74. The SMILES string of the molecule is COc1ccc([C@@H]2O[C@H]3C[C@H](OC(C)=O)C=C[C@]34OCC[C@H]2O4)cc1. The number of hydrogen-bond donors (Lipinski definition) is 0. The molecule has 4 rings (SSSR count). The highest BCUT2D eigenvalue weighted by molar-refractivity contribution is 5.66. The lowest BCUT2D eigenvalue weighted by Gasteiger charge is -2.53. The summed E-state index contributed by atoms with van der Waals surface area (Å²) < 4.78 is 29.1. The van der Waals surface area contributed by atoms with E-state index in [1.807, 2.05) is 36.4 Å². The molecule has 0 N–H and O–H groups in total. The molecule has 1 aliphatic carbocycles. The van der Waals surface area contributed by atoms with Crippen LogP contribution in [0.5, 0.6) is 5.75 Å². The van der Waals surface area contributed by atoms with Gasteiger partial charge in [0.25, 0.3) is 0 Å². The third-order valence-electron chi connectivity index (χ3n) is 4.91. The Morgan fingerprint density at radius 3 is 2.80 bits per heavy atom. The second-order valence-electron chi connectivity index (χ2n) is 6.58. The standard InChI is InChI=1S/C19H22O6/c1-12(20)23-15-7-9-19-17(11-15)24-18(16(25-19)8-10-22-19)13-3-5-14(21-2)6-4-13/h3-7,9,15-18H,8,10-11H2,1-2H3/t15-,16-,17+,18+,19-/m1/s1. The highest BCUT2D eigenvalue weighted by atomic mass is 16.8. The van der Waals surface area contributed by atoms with E-state index in [4.69, 9.17) is 23.7 Å². The summed E-state index contributed by atoms with van der Waals surface area (Å²) in [6.07, 6.45) is 4.04. The summed E-state index contributed by atoms with van der Waals surface area (Å²) in [7, 11) is 1.64. The van der Waals surface area contributed by atoms with Gasteiger partial charge in [-0.05, 0) is 29.8 Å². The largest absolute Gasteiger partial charge is 0.497 e. The topological polar surface area (TPSA) is 63.2 Å². The second-order valence-corrected chi connectivity index (χ2v) is 6.58. The minimum Gasteiger partial charge on any atom is -0.497 e. The molecule has 2 saturated heterocycles. The van der Waals surface area contributed by atoms with Crippen molar-refractivity contribution in [2.45, 2.75) is 50.0 Å². The smallest absolute Gasteiger partial charge is 0.303 e. The number of ether oxygens (including phenoxy) is 5. The van der Waals surface area contributed by atoms with E-state index < -0.39 is 5.79 Å². The number of benzene rings is 1. The van der Waals surface area contributed by atoms with Crippen LogP contribution in [0.25, 0.3) is 0 Å². The Balaban J connectivity index is 1.59. The molecule has 2 fully saturated rings. The van der Waals surface area contributed by atoms with Gasteiger partial charge in [0, 0.05) is 19.8 Å². The monoisotopic (exact) mass is 346 g/mol. The van der Waals surface area contributed by atoms with Gasteiger partial charge in [0.05, 0.1) is 19.8 Å². The van der Waals surface area contributed by atoms with E-state index in [0.29, 0.717) is 13.0 Å². The Bertz CT molecular complexity index is 669. The van der Waals surface area contributed by atoms with E-state index in [9.17, 15) is 4.79 Å². The molecule has 0 saturated carbocycles. The van der Waals surface area contributed by atoms with Crippen molar-refractivity contribution >= 4 is 5.97 Å². The van der Waals surface area contributed by atoms with Crippen LogP contribution in [-0.2, 0) is 23.7 Å². The first-order valence-electron chi connectivity index (χ1n) is 8.57. The van der Waals surface area contributed by atoms with Crippen LogP contribution in [0.4, 0.5) is 0 Å². The average molecular weight is 346 g/mol. The van der Waals surface area contributed by atoms with Crippen LogP contribution in [0, 0.1) is 0 Å². The van der Waals surface area contributed by atoms with Gasteiger partial charge >= 0.3 is 5.97 Å². The Kier molecular flexibility index (Phi) is 4.27. The zero-order chi connectivity index (χ0) is 17.4. The van der Waals surface area contributed by atoms with Gasteiger partial charge in [0.1, 0.15) is 24.1 Å². The van der Waals surface area contributed by atoms with Gasteiger partial charge in [0.2, 0.25) is 5.79 Å². The van der Waals surface area contributed by atoms with Crippen LogP contribution in [0.1, 0.15) is 31.4 Å². The Hall–Kier alpha value is -1.89. The Morgan fingerprint density at radius 1 is 1.28 bits per heavy atom. The molecule has 5 atom stereocenters. The van der Waals surface area contributed by atoms with Gasteiger partial charge in [-0.3, -0.25) is 4.79 Å². The van der Waals surface area contributed by atoms with Crippen LogP contribution in [0.2, 0.25) is 0 Å². The van der Waals surface area contributed by atoms with Crippen LogP contribution >= 0.6 is 0 Å². The number of rotatable bonds is 3. The van der Waals surface area contributed by atoms with Crippen LogP contribution in [0.15, 0.2) is 36.4 Å². The van der Waals surface area contributed by atoms with Crippen LogP contribution in [-0.4, -0.2) is 43.8 Å². The summed E-state index contributed by atoms with van der Waals surface area (Å²) in [5.41, 5.74) is 1.04. The van der Waals surface area contributed by atoms with Crippen molar-refractivity contribution in [2.75, 3.05) is 13.7 Å². The number of hydrogen-bond acceptors (Lipinski definition) is 6. The lowest BCUT2D eigenvalue weighted by atomic mass is 9.89. The third kappa shape index (κ3) is 3.05. The number of carbonyl (C=O) groups is 1. The number of fused-ring (bicyclic) bond motifs is 1. The minimum absolute atomic E-state index is 0.0756. The molecule has 6 heteroatoms. The third-order valence-corrected chi connectivity index (χ3v) is 4.91. The fraction of sp³-hybridized carbons (Fsp3) is 0.526. The summed E-state index contributed by atoms with van der Waals surface area (Å²) >= 11 is 0. The van der Waals surface area contributed by atoms with E-state index in [1.165, 1.54) is 6.92 Å².